The fourth-order valence-electron chi connectivity index (χ4n) is 2.66. The number of amides is 1. The molecule has 1 atom stereocenters. The minimum atomic E-state index is -0.267. The summed E-state index contributed by atoms with van der Waals surface area (Å²) < 4.78 is 0. The summed E-state index contributed by atoms with van der Waals surface area (Å²) in [6, 6.07) is 8.07. The first-order chi connectivity index (χ1) is 9.24. The number of hydrogen-bond acceptors (Lipinski definition) is 4. The lowest BCUT2D eigenvalue weighted by molar-refractivity contribution is -0.119. The van der Waals surface area contributed by atoms with E-state index in [-0.39, 0.29) is 12.0 Å². The lowest BCUT2D eigenvalue weighted by Crippen LogP contribution is -2.42. The second-order valence-corrected chi connectivity index (χ2v) is 6.18. The van der Waals surface area contributed by atoms with Crippen molar-refractivity contribution in [3.05, 3.63) is 24.3 Å². The molecule has 0 bridgehead atoms. The number of aliphatic hydroxyl groups excluding tert-OH is 1. The third kappa shape index (κ3) is 2.78. The maximum absolute atomic E-state index is 12.4. The number of β-amino-alcohol motifs (C(OH)–C–C–N with tert-alkyl or cyclic N) is 1. The van der Waals surface area contributed by atoms with Gasteiger partial charge >= 0.3 is 0 Å². The minimum absolute atomic E-state index is 0.141. The molecule has 0 aromatic heterocycles. The quantitative estimate of drug-likeness (QED) is 0.882. The Labute approximate surface area is 117 Å². The first kappa shape index (κ1) is 13.0. The third-order valence-electron chi connectivity index (χ3n) is 3.64. The molecule has 0 aliphatic carbocycles. The van der Waals surface area contributed by atoms with Gasteiger partial charge in [0.25, 0.3) is 0 Å². The molecule has 0 spiro atoms. The van der Waals surface area contributed by atoms with Gasteiger partial charge in [-0.3, -0.25) is 9.69 Å². The zero-order valence-corrected chi connectivity index (χ0v) is 11.6. The predicted molar refractivity (Wildman–Crippen MR) is 76.6 cm³/mol. The highest BCUT2D eigenvalue weighted by Crippen LogP contribution is 2.34. The van der Waals surface area contributed by atoms with Gasteiger partial charge in [-0.1, -0.05) is 12.1 Å². The number of carbonyl (C=O) groups is 1. The smallest absolute Gasteiger partial charge is 0.241 e. The molecule has 1 fully saturated rings. The van der Waals surface area contributed by atoms with Crippen LogP contribution in [0.15, 0.2) is 29.2 Å². The monoisotopic (exact) mass is 278 g/mol. The topological polar surface area (TPSA) is 43.8 Å². The van der Waals surface area contributed by atoms with Crippen molar-refractivity contribution in [2.45, 2.75) is 17.4 Å². The number of fused-ring (bicyclic) bond motifs is 1. The molecule has 1 amide bonds. The minimum Gasteiger partial charge on any atom is -0.392 e. The number of nitrogens with zero attached hydrogens (tertiary/aromatic N) is 2. The van der Waals surface area contributed by atoms with Crippen LogP contribution in [-0.2, 0) is 4.79 Å². The van der Waals surface area contributed by atoms with Gasteiger partial charge in [0.05, 0.1) is 18.3 Å². The maximum Gasteiger partial charge on any atom is 0.241 e. The first-order valence-electron chi connectivity index (χ1n) is 6.66. The Morgan fingerprint density at radius 3 is 3.00 bits per heavy atom. The number of hydrogen-bond donors (Lipinski definition) is 1. The second-order valence-electron chi connectivity index (χ2n) is 5.04. The Balaban J connectivity index is 1.71. The van der Waals surface area contributed by atoms with Crippen LogP contribution < -0.4 is 4.90 Å². The van der Waals surface area contributed by atoms with E-state index in [0.717, 1.165) is 31.0 Å². The van der Waals surface area contributed by atoms with Gasteiger partial charge in [-0.15, -0.1) is 11.8 Å². The molecule has 2 aliphatic rings. The molecule has 0 saturated carbocycles. The summed E-state index contributed by atoms with van der Waals surface area (Å²) in [4.78, 5) is 17.5. The summed E-state index contributed by atoms with van der Waals surface area (Å²) in [7, 11) is 0. The van der Waals surface area contributed by atoms with Gasteiger partial charge in [0.15, 0.2) is 0 Å². The summed E-state index contributed by atoms with van der Waals surface area (Å²) in [5, 5.41) is 9.51. The summed E-state index contributed by atoms with van der Waals surface area (Å²) in [5.41, 5.74) is 1.03. The van der Waals surface area contributed by atoms with E-state index in [9.17, 15) is 9.90 Å². The number of carbonyl (C=O) groups excluding carboxylic acids is 1. The number of para-hydroxylation sites is 1. The van der Waals surface area contributed by atoms with E-state index in [1.807, 2.05) is 28.0 Å². The molecule has 19 heavy (non-hydrogen) atoms. The van der Waals surface area contributed by atoms with Crippen molar-refractivity contribution in [1.29, 1.82) is 0 Å². The molecular weight excluding hydrogens is 260 g/mol. The number of likely N-dealkylation sites (tertiary alicyclic amines) is 1. The Morgan fingerprint density at radius 1 is 1.37 bits per heavy atom. The van der Waals surface area contributed by atoms with Crippen LogP contribution in [0, 0.1) is 0 Å². The number of rotatable bonds is 2. The molecule has 1 aromatic rings. The van der Waals surface area contributed by atoms with Crippen LogP contribution in [0.1, 0.15) is 6.42 Å². The summed E-state index contributed by atoms with van der Waals surface area (Å²) in [6.45, 7) is 2.63. The van der Waals surface area contributed by atoms with E-state index < -0.39 is 0 Å². The van der Waals surface area contributed by atoms with Crippen LogP contribution >= 0.6 is 11.8 Å². The number of thioether (sulfide) groups is 1. The average molecular weight is 278 g/mol. The molecule has 5 heteroatoms. The molecule has 1 unspecified atom stereocenters. The van der Waals surface area contributed by atoms with Gasteiger partial charge in [-0.2, -0.15) is 0 Å². The van der Waals surface area contributed by atoms with Gasteiger partial charge < -0.3 is 10.0 Å². The van der Waals surface area contributed by atoms with Gasteiger partial charge in [-0.05, 0) is 18.6 Å². The summed E-state index contributed by atoms with van der Waals surface area (Å²) in [6.07, 6.45) is 0.511. The average Bonchev–Trinajstić information content (AvgIpc) is 2.83. The predicted octanol–water partition coefficient (Wildman–Crippen LogP) is 1.19. The van der Waals surface area contributed by atoms with Crippen LogP contribution in [0.2, 0.25) is 0 Å². The molecular formula is C14H18N2O2S. The molecule has 1 aromatic carbocycles. The van der Waals surface area contributed by atoms with Crippen LogP contribution in [0.25, 0.3) is 0 Å². The van der Waals surface area contributed by atoms with E-state index in [1.54, 1.807) is 11.8 Å². The van der Waals surface area contributed by atoms with Crippen molar-refractivity contribution in [2.75, 3.05) is 36.8 Å². The fourth-order valence-corrected chi connectivity index (χ4v) is 3.66. The third-order valence-corrected chi connectivity index (χ3v) is 4.68. The van der Waals surface area contributed by atoms with Gasteiger partial charge in [0, 0.05) is 30.3 Å². The van der Waals surface area contributed by atoms with E-state index in [0.29, 0.717) is 13.1 Å². The van der Waals surface area contributed by atoms with Crippen LogP contribution in [0.3, 0.4) is 0 Å². The molecule has 1 N–H and O–H groups in total. The van der Waals surface area contributed by atoms with Crippen molar-refractivity contribution in [2.24, 2.45) is 0 Å². The molecule has 0 radical (unpaired) electrons. The van der Waals surface area contributed by atoms with E-state index >= 15 is 0 Å². The second kappa shape index (κ2) is 5.53. The van der Waals surface area contributed by atoms with E-state index in [2.05, 4.69) is 6.07 Å². The SMILES string of the molecule is O=C(CN1CCC(O)C1)N1CCSc2ccccc21. The molecule has 3 rings (SSSR count). The Kier molecular flexibility index (Phi) is 3.77. The van der Waals surface area contributed by atoms with Gasteiger partial charge in [0.1, 0.15) is 0 Å². The van der Waals surface area contributed by atoms with Crippen molar-refractivity contribution >= 4 is 23.4 Å². The normalized spacial score (nSPS) is 23.4. The van der Waals surface area contributed by atoms with E-state index in [4.69, 9.17) is 0 Å². The van der Waals surface area contributed by atoms with Crippen LogP contribution in [0.5, 0.6) is 0 Å². The lowest BCUT2D eigenvalue weighted by Gasteiger charge is -2.30. The fraction of sp³-hybridized carbons (Fsp3) is 0.500. The van der Waals surface area contributed by atoms with Crippen molar-refractivity contribution in [3.8, 4) is 0 Å². The first-order valence-corrected chi connectivity index (χ1v) is 7.65. The van der Waals surface area contributed by atoms with Gasteiger partial charge in [0.2, 0.25) is 5.91 Å². The molecule has 2 heterocycles. The number of benzene rings is 1. The summed E-state index contributed by atoms with van der Waals surface area (Å²) >= 11 is 1.81. The Bertz CT molecular complexity index is 480. The zero-order chi connectivity index (χ0) is 13.2. The number of anilines is 1. The Morgan fingerprint density at radius 2 is 2.21 bits per heavy atom. The molecule has 4 nitrogen and oxygen atoms in total. The van der Waals surface area contributed by atoms with Gasteiger partial charge in [-0.25, -0.2) is 0 Å². The highest BCUT2D eigenvalue weighted by Gasteiger charge is 2.27. The number of aliphatic hydroxyl groups is 1. The van der Waals surface area contributed by atoms with Crippen molar-refractivity contribution in [1.82, 2.24) is 4.90 Å². The van der Waals surface area contributed by atoms with Crippen LogP contribution in [0.4, 0.5) is 5.69 Å². The van der Waals surface area contributed by atoms with Crippen molar-refractivity contribution in [3.63, 3.8) is 0 Å². The Hall–Kier alpha value is -1.04. The highest BCUT2D eigenvalue weighted by molar-refractivity contribution is 7.99. The molecule has 2 aliphatic heterocycles. The zero-order valence-electron chi connectivity index (χ0n) is 10.8. The highest BCUT2D eigenvalue weighted by atomic mass is 32.2. The summed E-state index contributed by atoms with van der Waals surface area (Å²) in [5.74, 6) is 1.09. The molecule has 102 valence electrons. The molecule has 1 saturated heterocycles. The largest absolute Gasteiger partial charge is 0.392 e. The lowest BCUT2D eigenvalue weighted by atomic mass is 10.2. The van der Waals surface area contributed by atoms with Crippen LogP contribution in [-0.4, -0.2) is 53.9 Å². The standard InChI is InChI=1S/C14H18N2O2S/c17-11-5-6-15(9-11)10-14(18)16-7-8-19-13-4-2-1-3-12(13)16/h1-4,11,17H,5-10H2. The van der Waals surface area contributed by atoms with Crippen molar-refractivity contribution < 1.29 is 9.90 Å². The maximum atomic E-state index is 12.4. The van der Waals surface area contributed by atoms with E-state index in [1.165, 1.54) is 4.90 Å².